The Hall–Kier alpha value is -1.36. The lowest BCUT2D eigenvalue weighted by Crippen LogP contribution is -2.37. The summed E-state index contributed by atoms with van der Waals surface area (Å²) in [4.78, 5) is 12.7. The second-order valence-corrected chi connectivity index (χ2v) is 7.61. The van der Waals surface area contributed by atoms with E-state index in [0.29, 0.717) is 18.5 Å². The zero-order chi connectivity index (χ0) is 13.7. The number of rotatable bonds is 0. The van der Waals surface area contributed by atoms with Crippen molar-refractivity contribution >= 4 is 21.4 Å². The molecular weight excluding hydrogens is 262 g/mol. The lowest BCUT2D eigenvalue weighted by molar-refractivity contribution is -0.124. The summed E-state index contributed by atoms with van der Waals surface area (Å²) in [5.41, 5.74) is 0.547. The minimum atomic E-state index is -3.41. The Labute approximate surface area is 113 Å². The number of carbonyl (C=O) groups excluding carboxylic acids is 1. The maximum absolute atomic E-state index is 12.6. The number of amides is 1. The lowest BCUT2D eigenvalue weighted by Gasteiger charge is -2.24. The van der Waals surface area contributed by atoms with Crippen molar-refractivity contribution in [2.45, 2.75) is 37.5 Å². The minimum Gasteiger partial charge on any atom is -0.324 e. The SMILES string of the molecule is Cc1cccc2c1NC(=O)C1(CCCC1)CS2(=O)=O. The molecule has 1 spiro atoms. The number of hydrogen-bond acceptors (Lipinski definition) is 3. The largest absolute Gasteiger partial charge is 0.324 e. The molecule has 1 saturated carbocycles. The van der Waals surface area contributed by atoms with Gasteiger partial charge in [0, 0.05) is 0 Å². The highest BCUT2D eigenvalue weighted by Gasteiger charge is 2.47. The molecule has 1 aromatic carbocycles. The van der Waals surface area contributed by atoms with Crippen LogP contribution in [0.5, 0.6) is 0 Å². The van der Waals surface area contributed by atoms with Crippen LogP contribution in [0.15, 0.2) is 23.1 Å². The van der Waals surface area contributed by atoms with Crippen LogP contribution in [-0.4, -0.2) is 20.1 Å². The van der Waals surface area contributed by atoms with Crippen LogP contribution in [0.2, 0.25) is 0 Å². The van der Waals surface area contributed by atoms with Crippen molar-refractivity contribution in [3.8, 4) is 0 Å². The fraction of sp³-hybridized carbons (Fsp3) is 0.500. The molecule has 3 rings (SSSR count). The van der Waals surface area contributed by atoms with Crippen molar-refractivity contribution in [1.29, 1.82) is 0 Å². The van der Waals surface area contributed by atoms with Gasteiger partial charge in [0.15, 0.2) is 9.84 Å². The number of nitrogens with one attached hydrogen (secondary N) is 1. The van der Waals surface area contributed by atoms with E-state index in [1.807, 2.05) is 13.0 Å². The minimum absolute atomic E-state index is 0.0533. The number of sulfone groups is 1. The summed E-state index contributed by atoms with van der Waals surface area (Å²) >= 11 is 0. The van der Waals surface area contributed by atoms with Crippen molar-refractivity contribution in [1.82, 2.24) is 0 Å². The Kier molecular flexibility index (Phi) is 2.71. The number of para-hydroxylation sites is 1. The van der Waals surface area contributed by atoms with Gasteiger partial charge in [-0.2, -0.15) is 0 Å². The highest BCUT2D eigenvalue weighted by molar-refractivity contribution is 7.91. The van der Waals surface area contributed by atoms with Crippen LogP contribution in [0, 0.1) is 12.3 Å². The summed E-state index contributed by atoms with van der Waals surface area (Å²) in [5.74, 6) is -0.177. The third-order valence-electron chi connectivity index (χ3n) is 4.32. The Bertz CT molecular complexity index is 643. The molecule has 1 aliphatic carbocycles. The number of fused-ring (bicyclic) bond motifs is 1. The quantitative estimate of drug-likeness (QED) is 0.792. The van der Waals surface area contributed by atoms with Crippen molar-refractivity contribution in [3.05, 3.63) is 23.8 Å². The Morgan fingerprint density at radius 2 is 1.89 bits per heavy atom. The van der Waals surface area contributed by atoms with E-state index in [1.54, 1.807) is 12.1 Å². The van der Waals surface area contributed by atoms with E-state index in [2.05, 4.69) is 5.32 Å². The monoisotopic (exact) mass is 279 g/mol. The van der Waals surface area contributed by atoms with E-state index in [-0.39, 0.29) is 16.6 Å². The molecular formula is C14H17NO3S. The molecule has 1 heterocycles. The smallest absolute Gasteiger partial charge is 0.231 e. The predicted molar refractivity (Wildman–Crippen MR) is 72.8 cm³/mol. The van der Waals surface area contributed by atoms with Crippen LogP contribution < -0.4 is 5.32 Å². The first-order valence-electron chi connectivity index (χ1n) is 6.58. The van der Waals surface area contributed by atoms with Gasteiger partial charge in [0.25, 0.3) is 0 Å². The molecule has 0 radical (unpaired) electrons. The van der Waals surface area contributed by atoms with Crippen molar-refractivity contribution in [3.63, 3.8) is 0 Å². The fourth-order valence-corrected chi connectivity index (χ4v) is 5.35. The number of aryl methyl sites for hydroxylation is 1. The van der Waals surface area contributed by atoms with Gasteiger partial charge in [-0.15, -0.1) is 0 Å². The van der Waals surface area contributed by atoms with Gasteiger partial charge < -0.3 is 5.32 Å². The van der Waals surface area contributed by atoms with Crippen LogP contribution in [0.1, 0.15) is 31.2 Å². The summed E-state index contributed by atoms with van der Waals surface area (Å²) < 4.78 is 25.1. The second kappa shape index (κ2) is 4.07. The molecule has 19 heavy (non-hydrogen) atoms. The van der Waals surface area contributed by atoms with Crippen molar-refractivity contribution in [2.75, 3.05) is 11.1 Å². The first-order valence-corrected chi connectivity index (χ1v) is 8.24. The molecule has 2 aliphatic rings. The zero-order valence-corrected chi connectivity index (χ0v) is 11.7. The third-order valence-corrected chi connectivity index (χ3v) is 6.26. The number of carbonyl (C=O) groups is 1. The van der Waals surface area contributed by atoms with E-state index < -0.39 is 15.3 Å². The van der Waals surface area contributed by atoms with Crippen LogP contribution in [0.3, 0.4) is 0 Å². The van der Waals surface area contributed by atoms with Gasteiger partial charge in [-0.05, 0) is 31.4 Å². The summed E-state index contributed by atoms with van der Waals surface area (Å²) in [6.45, 7) is 1.82. The number of benzene rings is 1. The molecule has 1 N–H and O–H groups in total. The molecule has 1 amide bonds. The summed E-state index contributed by atoms with van der Waals surface area (Å²) in [5, 5.41) is 2.86. The summed E-state index contributed by atoms with van der Waals surface area (Å²) in [6, 6.07) is 5.14. The first kappa shape index (κ1) is 12.7. The molecule has 0 atom stereocenters. The van der Waals surface area contributed by atoms with Crippen LogP contribution in [0.4, 0.5) is 5.69 Å². The zero-order valence-electron chi connectivity index (χ0n) is 10.9. The maximum Gasteiger partial charge on any atom is 0.231 e. The molecule has 102 valence electrons. The highest BCUT2D eigenvalue weighted by Crippen LogP contribution is 2.44. The number of anilines is 1. The van der Waals surface area contributed by atoms with Crippen molar-refractivity contribution in [2.24, 2.45) is 5.41 Å². The van der Waals surface area contributed by atoms with Gasteiger partial charge in [-0.25, -0.2) is 8.42 Å². The van der Waals surface area contributed by atoms with Crippen LogP contribution >= 0.6 is 0 Å². The van der Waals surface area contributed by atoms with E-state index >= 15 is 0 Å². The second-order valence-electron chi connectivity index (χ2n) is 5.65. The fourth-order valence-electron chi connectivity index (χ4n) is 3.24. The molecule has 0 unspecified atom stereocenters. The van der Waals surface area contributed by atoms with Gasteiger partial charge >= 0.3 is 0 Å². The molecule has 5 heteroatoms. The molecule has 1 aromatic rings. The standard InChI is InChI=1S/C14H17NO3S/c1-10-5-4-6-11-12(10)15-13(16)14(7-2-3-8-14)9-19(11,17)18/h4-6H,2-3,7-9H2,1H3,(H,15,16). The molecule has 1 fully saturated rings. The lowest BCUT2D eigenvalue weighted by atomic mass is 9.87. The van der Waals surface area contributed by atoms with E-state index in [0.717, 1.165) is 18.4 Å². The normalized spacial score (nSPS) is 23.7. The van der Waals surface area contributed by atoms with Gasteiger partial charge in [0.2, 0.25) is 5.91 Å². The average molecular weight is 279 g/mol. The Morgan fingerprint density at radius 1 is 1.21 bits per heavy atom. The van der Waals surface area contributed by atoms with E-state index in [1.165, 1.54) is 0 Å². The van der Waals surface area contributed by atoms with Crippen LogP contribution in [-0.2, 0) is 14.6 Å². The molecule has 0 bridgehead atoms. The summed E-state index contributed by atoms with van der Waals surface area (Å²) in [7, 11) is -3.41. The molecule has 0 aromatic heterocycles. The van der Waals surface area contributed by atoms with Gasteiger partial charge in [-0.1, -0.05) is 25.0 Å². The van der Waals surface area contributed by atoms with Gasteiger partial charge in [0.1, 0.15) is 0 Å². The summed E-state index contributed by atoms with van der Waals surface area (Å²) in [6.07, 6.45) is 3.20. The molecule has 1 aliphatic heterocycles. The van der Waals surface area contributed by atoms with Crippen LogP contribution in [0.25, 0.3) is 0 Å². The molecule has 4 nitrogen and oxygen atoms in total. The van der Waals surface area contributed by atoms with Crippen molar-refractivity contribution < 1.29 is 13.2 Å². The maximum atomic E-state index is 12.6. The first-order chi connectivity index (χ1) is 8.95. The van der Waals surface area contributed by atoms with Gasteiger partial charge in [-0.3, -0.25) is 4.79 Å². The topological polar surface area (TPSA) is 63.2 Å². The van der Waals surface area contributed by atoms with Gasteiger partial charge in [0.05, 0.1) is 21.8 Å². The van der Waals surface area contributed by atoms with E-state index in [4.69, 9.17) is 0 Å². The average Bonchev–Trinajstić information content (AvgIpc) is 2.77. The predicted octanol–water partition coefficient (Wildman–Crippen LogP) is 2.28. The highest BCUT2D eigenvalue weighted by atomic mass is 32.2. The Morgan fingerprint density at radius 3 is 2.58 bits per heavy atom. The Balaban J connectivity index is 2.19. The number of hydrogen-bond donors (Lipinski definition) is 1. The molecule has 0 saturated heterocycles. The third kappa shape index (κ3) is 1.87. The van der Waals surface area contributed by atoms with E-state index in [9.17, 15) is 13.2 Å².